The number of aryl methyl sites for hydroxylation is 5. The predicted molar refractivity (Wildman–Crippen MR) is 254 cm³/mol. The van der Waals surface area contributed by atoms with Gasteiger partial charge < -0.3 is 45.9 Å². The Kier molecular flexibility index (Phi) is 14.9. The monoisotopic (exact) mass is 866 g/mol. The van der Waals surface area contributed by atoms with Crippen LogP contribution in [-0.4, -0.2) is 39.9 Å². The molecule has 16 N–H and O–H groups in total. The lowest BCUT2D eigenvalue weighted by atomic mass is 10.0. The quantitative estimate of drug-likeness (QED) is 0.0845. The molecule has 63 heavy (non-hydrogen) atoms. The minimum Gasteiger partial charge on any atom is -0.383 e. The van der Waals surface area contributed by atoms with E-state index in [1.807, 2.05) is 94.4 Å². The Morgan fingerprint density at radius 3 is 0.921 bits per heavy atom. The van der Waals surface area contributed by atoms with Crippen LogP contribution in [0.3, 0.4) is 0 Å². The first-order valence-electron chi connectivity index (χ1n) is 19.1. The van der Waals surface area contributed by atoms with Gasteiger partial charge in [0.05, 0.1) is 22.8 Å². The Morgan fingerprint density at radius 2 is 0.619 bits per heavy atom. The first-order chi connectivity index (χ1) is 29.9. The predicted octanol–water partition coefficient (Wildman–Crippen LogP) is 7.57. The highest BCUT2D eigenvalue weighted by atomic mass is 35.5. The van der Waals surface area contributed by atoms with Gasteiger partial charge in [0.15, 0.2) is 0 Å². The lowest BCUT2D eigenvalue weighted by Crippen LogP contribution is -2.04. The third-order valence-corrected chi connectivity index (χ3v) is 9.46. The number of nitrogens with two attached hydrogens (primary N) is 8. The van der Waals surface area contributed by atoms with E-state index in [1.165, 1.54) is 17.7 Å². The maximum atomic E-state index is 12.8. The van der Waals surface area contributed by atoms with Crippen LogP contribution in [0.5, 0.6) is 0 Å². The summed E-state index contributed by atoms with van der Waals surface area (Å²) in [6, 6.07) is 31.2. The van der Waals surface area contributed by atoms with E-state index in [0.29, 0.717) is 39.6 Å². The molecule has 0 atom stereocenters. The molecule has 0 aliphatic heterocycles. The van der Waals surface area contributed by atoms with Crippen LogP contribution in [0.2, 0.25) is 5.02 Å². The molecule has 0 saturated carbocycles. The molecule has 16 nitrogen and oxygen atoms in total. The average Bonchev–Trinajstić information content (AvgIpc) is 3.20. The molecule has 8 rings (SSSR count). The summed E-state index contributed by atoms with van der Waals surface area (Å²) < 4.78 is 12.8. The molecule has 0 saturated heterocycles. The van der Waals surface area contributed by atoms with Crippen molar-refractivity contribution in [2.45, 2.75) is 34.6 Å². The van der Waals surface area contributed by atoms with Crippen molar-refractivity contribution in [1.29, 1.82) is 0 Å². The van der Waals surface area contributed by atoms with E-state index in [4.69, 9.17) is 57.5 Å². The van der Waals surface area contributed by atoms with E-state index in [1.54, 1.807) is 31.2 Å². The van der Waals surface area contributed by atoms with Gasteiger partial charge in [0.2, 0.25) is 23.8 Å². The van der Waals surface area contributed by atoms with Crippen molar-refractivity contribution in [3.8, 4) is 44.5 Å². The first-order valence-corrected chi connectivity index (χ1v) is 19.5. The van der Waals surface area contributed by atoms with Crippen molar-refractivity contribution in [1.82, 2.24) is 39.9 Å². The number of hydrogen-bond donors (Lipinski definition) is 8. The Morgan fingerprint density at radius 1 is 0.349 bits per heavy atom. The van der Waals surface area contributed by atoms with Crippen LogP contribution in [0.1, 0.15) is 28.3 Å². The van der Waals surface area contributed by atoms with Gasteiger partial charge in [0, 0.05) is 27.3 Å². The van der Waals surface area contributed by atoms with Gasteiger partial charge in [0.1, 0.15) is 29.1 Å². The van der Waals surface area contributed by atoms with Crippen LogP contribution in [0.25, 0.3) is 44.5 Å². The van der Waals surface area contributed by atoms with Gasteiger partial charge in [-0.25, -0.2) is 24.3 Å². The van der Waals surface area contributed by atoms with Gasteiger partial charge >= 0.3 is 0 Å². The molecule has 0 amide bonds. The SMILES string of the molecule is Cc1ccc(-c2c(C)nc(N)nc2N)cc1.Cc1nc(N)nc(N)c1-c1ccc(Cl)cc1.Cc1nc(N)nc(N)c1-c1ccc(F)cc1.Cc1nc(N)nc(N)c1-c1ccccc1. The minimum absolute atomic E-state index is 0.140. The van der Waals surface area contributed by atoms with Crippen LogP contribution in [0.4, 0.5) is 51.5 Å². The zero-order valence-electron chi connectivity index (χ0n) is 35.3. The molecule has 18 heteroatoms. The molecule has 0 spiro atoms. The lowest BCUT2D eigenvalue weighted by Gasteiger charge is -2.09. The number of benzene rings is 4. The zero-order valence-corrected chi connectivity index (χ0v) is 36.0. The zero-order chi connectivity index (χ0) is 46.0. The molecule has 4 aromatic heterocycles. The largest absolute Gasteiger partial charge is 0.383 e. The summed E-state index contributed by atoms with van der Waals surface area (Å²) in [4.78, 5) is 32.1. The summed E-state index contributed by atoms with van der Waals surface area (Å²) in [6.45, 7) is 9.42. The second kappa shape index (κ2) is 20.4. The van der Waals surface area contributed by atoms with E-state index in [2.05, 4.69) is 39.9 Å². The minimum atomic E-state index is -0.295. The normalized spacial score (nSPS) is 10.3. The van der Waals surface area contributed by atoms with Crippen LogP contribution in [0.15, 0.2) is 103 Å². The van der Waals surface area contributed by atoms with E-state index in [0.717, 1.165) is 56.0 Å². The Balaban J connectivity index is 0.000000158. The van der Waals surface area contributed by atoms with Crippen molar-refractivity contribution in [3.63, 3.8) is 0 Å². The molecule has 0 fully saturated rings. The summed E-state index contributed by atoms with van der Waals surface area (Å²) >= 11 is 5.82. The number of halogens is 2. The van der Waals surface area contributed by atoms with E-state index < -0.39 is 0 Å². The fourth-order valence-corrected chi connectivity index (χ4v) is 6.58. The molecule has 322 valence electrons. The summed E-state index contributed by atoms with van der Waals surface area (Å²) in [5.41, 5.74) is 56.4. The van der Waals surface area contributed by atoms with Crippen LogP contribution in [0, 0.1) is 40.4 Å². The molecule has 0 aliphatic carbocycles. The number of anilines is 8. The highest BCUT2D eigenvalue weighted by Gasteiger charge is 2.13. The van der Waals surface area contributed by atoms with E-state index in [-0.39, 0.29) is 29.6 Å². The Bertz CT molecular complexity index is 2500. The van der Waals surface area contributed by atoms with Gasteiger partial charge in [-0.05, 0) is 81.1 Å². The van der Waals surface area contributed by atoms with Crippen molar-refractivity contribution < 1.29 is 4.39 Å². The summed E-state index contributed by atoms with van der Waals surface area (Å²) in [6.07, 6.45) is 0. The number of aromatic nitrogens is 8. The Labute approximate surface area is 369 Å². The van der Waals surface area contributed by atoms with Gasteiger partial charge in [-0.1, -0.05) is 96.0 Å². The molecule has 0 unspecified atom stereocenters. The van der Waals surface area contributed by atoms with Crippen molar-refractivity contribution in [2.24, 2.45) is 0 Å². The Hall–Kier alpha value is -8.18. The third kappa shape index (κ3) is 12.0. The second-order valence-electron chi connectivity index (χ2n) is 14.0. The van der Waals surface area contributed by atoms with Crippen molar-refractivity contribution in [3.05, 3.63) is 142 Å². The highest BCUT2D eigenvalue weighted by molar-refractivity contribution is 6.30. The second-order valence-corrected chi connectivity index (χ2v) is 14.4. The number of rotatable bonds is 4. The smallest absolute Gasteiger partial charge is 0.222 e. The van der Waals surface area contributed by atoms with E-state index >= 15 is 0 Å². The van der Waals surface area contributed by atoms with E-state index in [9.17, 15) is 4.39 Å². The van der Waals surface area contributed by atoms with Gasteiger partial charge in [0.25, 0.3) is 0 Å². The average molecular weight is 867 g/mol. The first kappa shape index (κ1) is 45.9. The standard InChI is InChI=1S/C12H14N4.C11H11ClN4.C11H11FN4.C11H12N4/c1-7-3-5-9(6-4-7)10-8(2)15-12(14)16-11(10)13;2*1-6-9(10(13)16-11(14)15-6)7-2-4-8(12)5-3-7;1-7-9(8-5-3-2-4-6-8)10(12)15-11(13)14-7/h3-6H,1-2H3,(H4,13,14,15,16);2*2-5H,1H3,(H4,13,14,15,16);2-6H,1H3,(H4,12,13,14,15). The van der Waals surface area contributed by atoms with Crippen molar-refractivity contribution in [2.75, 3.05) is 45.9 Å². The van der Waals surface area contributed by atoms with Crippen LogP contribution in [-0.2, 0) is 0 Å². The maximum Gasteiger partial charge on any atom is 0.222 e. The molecule has 4 aromatic carbocycles. The fourth-order valence-electron chi connectivity index (χ4n) is 6.45. The number of nitrogens with zero attached hydrogens (tertiary/aromatic N) is 8. The lowest BCUT2D eigenvalue weighted by molar-refractivity contribution is 0.628. The molecule has 0 aliphatic rings. The number of nitrogen functional groups attached to an aromatic ring is 8. The maximum absolute atomic E-state index is 12.8. The summed E-state index contributed by atoms with van der Waals surface area (Å²) in [5.74, 6) is 1.99. The molecular weight excluding hydrogens is 819 g/mol. The topological polar surface area (TPSA) is 311 Å². The van der Waals surface area contributed by atoms with Gasteiger partial charge in [-0.3, -0.25) is 0 Å². The summed E-state index contributed by atoms with van der Waals surface area (Å²) in [7, 11) is 0. The van der Waals surface area contributed by atoms with Crippen molar-refractivity contribution >= 4 is 58.7 Å². The van der Waals surface area contributed by atoms with Gasteiger partial charge in [-0.2, -0.15) is 19.9 Å². The molecule has 4 heterocycles. The van der Waals surface area contributed by atoms with Crippen LogP contribution < -0.4 is 45.9 Å². The molecule has 0 bridgehead atoms. The molecule has 0 radical (unpaired) electrons. The molecule has 8 aromatic rings. The fraction of sp³-hybridized carbons (Fsp3) is 0.111. The summed E-state index contributed by atoms with van der Waals surface area (Å²) in [5, 5.41) is 0.677. The highest BCUT2D eigenvalue weighted by Crippen LogP contribution is 2.31. The third-order valence-electron chi connectivity index (χ3n) is 9.21. The van der Waals surface area contributed by atoms with Crippen LogP contribution >= 0.6 is 11.6 Å². The van der Waals surface area contributed by atoms with Gasteiger partial charge in [-0.15, -0.1) is 0 Å². The molecular formula is C45H48ClFN16. The number of hydrogen-bond acceptors (Lipinski definition) is 16.